The summed E-state index contributed by atoms with van der Waals surface area (Å²) in [5.41, 5.74) is 3.79. The predicted molar refractivity (Wildman–Crippen MR) is 74.8 cm³/mol. The Morgan fingerprint density at radius 1 is 1.11 bits per heavy atom. The van der Waals surface area contributed by atoms with Gasteiger partial charge in [0.15, 0.2) is 0 Å². The Labute approximate surface area is 108 Å². The van der Waals surface area contributed by atoms with E-state index >= 15 is 0 Å². The fraction of sp³-hybridized carbons (Fsp3) is 0.250. The molecule has 2 nitrogen and oxygen atoms in total. The van der Waals surface area contributed by atoms with E-state index in [4.69, 9.17) is 0 Å². The van der Waals surface area contributed by atoms with Crippen molar-refractivity contribution in [3.8, 4) is 5.75 Å². The number of phenols is 1. The molecule has 0 saturated carbocycles. The van der Waals surface area contributed by atoms with Gasteiger partial charge in [-0.05, 0) is 43.7 Å². The molecule has 0 spiro atoms. The Bertz CT molecular complexity index is 505. The second-order valence-corrected chi connectivity index (χ2v) is 4.63. The van der Waals surface area contributed by atoms with Crippen molar-refractivity contribution in [1.82, 2.24) is 5.32 Å². The van der Waals surface area contributed by atoms with Crippen molar-refractivity contribution >= 4 is 0 Å². The quantitative estimate of drug-likeness (QED) is 0.861. The van der Waals surface area contributed by atoms with Crippen molar-refractivity contribution in [2.24, 2.45) is 0 Å². The van der Waals surface area contributed by atoms with Crippen LogP contribution >= 0.6 is 0 Å². The summed E-state index contributed by atoms with van der Waals surface area (Å²) in [7, 11) is 1.98. The molecule has 2 aromatic rings. The molecule has 1 atom stereocenters. The number of aryl methyl sites for hydroxylation is 1. The molecule has 0 amide bonds. The van der Waals surface area contributed by atoms with Crippen LogP contribution in [0.2, 0.25) is 0 Å². The standard InChI is InChI=1S/C16H19NO/c1-12-4-3-5-14(10-12)16(17-2)11-13-6-8-15(18)9-7-13/h3-10,16-18H,11H2,1-2H3. The molecular weight excluding hydrogens is 222 g/mol. The lowest BCUT2D eigenvalue weighted by molar-refractivity contribution is 0.475. The van der Waals surface area contributed by atoms with Crippen molar-refractivity contribution in [3.63, 3.8) is 0 Å². The van der Waals surface area contributed by atoms with Gasteiger partial charge in [0.2, 0.25) is 0 Å². The number of nitrogens with one attached hydrogen (secondary N) is 1. The monoisotopic (exact) mass is 241 g/mol. The van der Waals surface area contributed by atoms with Crippen LogP contribution < -0.4 is 5.32 Å². The molecule has 0 fully saturated rings. The predicted octanol–water partition coefficient (Wildman–Crippen LogP) is 3.20. The van der Waals surface area contributed by atoms with Crippen molar-refractivity contribution in [3.05, 3.63) is 65.2 Å². The van der Waals surface area contributed by atoms with Gasteiger partial charge in [-0.15, -0.1) is 0 Å². The lowest BCUT2D eigenvalue weighted by atomic mass is 9.98. The van der Waals surface area contributed by atoms with Crippen LogP contribution in [0.15, 0.2) is 48.5 Å². The number of phenolic OH excluding ortho intramolecular Hbond substituents is 1. The van der Waals surface area contributed by atoms with Crippen LogP contribution in [0.1, 0.15) is 22.7 Å². The lowest BCUT2D eigenvalue weighted by Gasteiger charge is -2.17. The van der Waals surface area contributed by atoms with Gasteiger partial charge in [-0.3, -0.25) is 0 Å². The van der Waals surface area contributed by atoms with Gasteiger partial charge in [0.05, 0.1) is 0 Å². The second kappa shape index (κ2) is 5.69. The summed E-state index contributed by atoms with van der Waals surface area (Å²) < 4.78 is 0. The maximum atomic E-state index is 9.29. The summed E-state index contributed by atoms with van der Waals surface area (Å²) in [5.74, 6) is 0.315. The summed E-state index contributed by atoms with van der Waals surface area (Å²) in [6.07, 6.45) is 0.917. The highest BCUT2D eigenvalue weighted by atomic mass is 16.3. The maximum Gasteiger partial charge on any atom is 0.115 e. The molecular formula is C16H19NO. The van der Waals surface area contributed by atoms with Crippen LogP contribution in [0.3, 0.4) is 0 Å². The van der Waals surface area contributed by atoms with E-state index in [1.165, 1.54) is 16.7 Å². The van der Waals surface area contributed by atoms with Gasteiger partial charge >= 0.3 is 0 Å². The van der Waals surface area contributed by atoms with E-state index in [0.717, 1.165) is 6.42 Å². The minimum absolute atomic E-state index is 0.300. The number of likely N-dealkylation sites (N-methyl/N-ethyl adjacent to an activating group) is 1. The molecule has 0 radical (unpaired) electrons. The van der Waals surface area contributed by atoms with Crippen LogP contribution in [0.25, 0.3) is 0 Å². The van der Waals surface area contributed by atoms with Gasteiger partial charge < -0.3 is 10.4 Å². The number of aromatic hydroxyl groups is 1. The van der Waals surface area contributed by atoms with Crippen molar-refractivity contribution in [1.29, 1.82) is 0 Å². The van der Waals surface area contributed by atoms with E-state index in [1.54, 1.807) is 12.1 Å². The molecule has 94 valence electrons. The Balaban J connectivity index is 2.17. The first-order chi connectivity index (χ1) is 8.69. The van der Waals surface area contributed by atoms with Crippen molar-refractivity contribution in [2.75, 3.05) is 7.05 Å². The van der Waals surface area contributed by atoms with E-state index in [1.807, 2.05) is 19.2 Å². The van der Waals surface area contributed by atoms with Crippen LogP contribution in [0.5, 0.6) is 5.75 Å². The number of hydrogen-bond acceptors (Lipinski definition) is 2. The van der Waals surface area contributed by atoms with E-state index in [9.17, 15) is 5.11 Å². The van der Waals surface area contributed by atoms with Crippen LogP contribution in [-0.2, 0) is 6.42 Å². The summed E-state index contributed by atoms with van der Waals surface area (Å²) in [5, 5.41) is 12.6. The first kappa shape index (κ1) is 12.7. The highest BCUT2D eigenvalue weighted by molar-refractivity contribution is 5.30. The van der Waals surface area contributed by atoms with Crippen LogP contribution in [-0.4, -0.2) is 12.2 Å². The molecule has 2 aromatic carbocycles. The minimum atomic E-state index is 0.300. The molecule has 1 unspecified atom stereocenters. The largest absolute Gasteiger partial charge is 0.508 e. The number of benzene rings is 2. The van der Waals surface area contributed by atoms with Crippen LogP contribution in [0, 0.1) is 6.92 Å². The maximum absolute atomic E-state index is 9.29. The summed E-state index contributed by atoms with van der Waals surface area (Å²) in [6, 6.07) is 16.3. The highest BCUT2D eigenvalue weighted by Crippen LogP contribution is 2.20. The molecule has 0 heterocycles. The molecule has 2 heteroatoms. The molecule has 0 aliphatic heterocycles. The normalized spacial score (nSPS) is 12.3. The van der Waals surface area contributed by atoms with E-state index in [-0.39, 0.29) is 0 Å². The van der Waals surface area contributed by atoms with Crippen molar-refractivity contribution in [2.45, 2.75) is 19.4 Å². The zero-order valence-electron chi connectivity index (χ0n) is 10.9. The molecule has 0 aromatic heterocycles. The third-order valence-electron chi connectivity index (χ3n) is 3.17. The average molecular weight is 241 g/mol. The molecule has 2 N–H and O–H groups in total. The fourth-order valence-corrected chi connectivity index (χ4v) is 2.14. The summed E-state index contributed by atoms with van der Waals surface area (Å²) >= 11 is 0. The SMILES string of the molecule is CNC(Cc1ccc(O)cc1)c1cccc(C)c1. The van der Waals surface area contributed by atoms with Gasteiger partial charge in [0, 0.05) is 6.04 Å². The smallest absolute Gasteiger partial charge is 0.115 e. The van der Waals surface area contributed by atoms with E-state index in [2.05, 4.69) is 36.5 Å². The van der Waals surface area contributed by atoms with Gasteiger partial charge in [0.25, 0.3) is 0 Å². The van der Waals surface area contributed by atoms with Crippen molar-refractivity contribution < 1.29 is 5.11 Å². The Morgan fingerprint density at radius 2 is 1.83 bits per heavy atom. The molecule has 0 aliphatic carbocycles. The average Bonchev–Trinajstić information content (AvgIpc) is 2.38. The fourth-order valence-electron chi connectivity index (χ4n) is 2.14. The van der Waals surface area contributed by atoms with Gasteiger partial charge in [-0.1, -0.05) is 42.0 Å². The second-order valence-electron chi connectivity index (χ2n) is 4.63. The summed E-state index contributed by atoms with van der Waals surface area (Å²) in [4.78, 5) is 0. The molecule has 0 aliphatic rings. The highest BCUT2D eigenvalue weighted by Gasteiger charge is 2.10. The third-order valence-corrected chi connectivity index (χ3v) is 3.17. The lowest BCUT2D eigenvalue weighted by Crippen LogP contribution is -2.18. The molecule has 0 saturated heterocycles. The third kappa shape index (κ3) is 3.11. The zero-order chi connectivity index (χ0) is 13.0. The molecule has 2 rings (SSSR count). The summed E-state index contributed by atoms with van der Waals surface area (Å²) in [6.45, 7) is 2.11. The van der Waals surface area contributed by atoms with Gasteiger partial charge in [0.1, 0.15) is 5.75 Å². The zero-order valence-corrected chi connectivity index (χ0v) is 10.9. The van der Waals surface area contributed by atoms with Gasteiger partial charge in [-0.2, -0.15) is 0 Å². The first-order valence-corrected chi connectivity index (χ1v) is 6.21. The minimum Gasteiger partial charge on any atom is -0.508 e. The Morgan fingerprint density at radius 3 is 2.44 bits per heavy atom. The van der Waals surface area contributed by atoms with Crippen LogP contribution in [0.4, 0.5) is 0 Å². The number of rotatable bonds is 4. The topological polar surface area (TPSA) is 32.3 Å². The number of hydrogen-bond donors (Lipinski definition) is 2. The van der Waals surface area contributed by atoms with E-state index in [0.29, 0.717) is 11.8 Å². The molecule has 18 heavy (non-hydrogen) atoms. The molecule has 0 bridgehead atoms. The van der Waals surface area contributed by atoms with E-state index < -0.39 is 0 Å². The first-order valence-electron chi connectivity index (χ1n) is 6.21. The Kier molecular flexibility index (Phi) is 4.00. The van der Waals surface area contributed by atoms with Gasteiger partial charge in [-0.25, -0.2) is 0 Å². The Hall–Kier alpha value is -1.80.